The van der Waals surface area contributed by atoms with Gasteiger partial charge in [-0.05, 0) is 30.2 Å². The van der Waals surface area contributed by atoms with E-state index in [9.17, 15) is 5.11 Å². The van der Waals surface area contributed by atoms with E-state index in [4.69, 9.17) is 11.6 Å². The predicted octanol–water partition coefficient (Wildman–Crippen LogP) is 1.59. The lowest BCUT2D eigenvalue weighted by atomic mass is 10.0. The smallest absolute Gasteiger partial charge is 0.0919 e. The van der Waals surface area contributed by atoms with Crippen LogP contribution in [0.3, 0.4) is 0 Å². The summed E-state index contributed by atoms with van der Waals surface area (Å²) in [5.74, 6) is 0. The molecule has 0 bridgehead atoms. The highest BCUT2D eigenvalue weighted by Gasteiger charge is 2.16. The van der Waals surface area contributed by atoms with Gasteiger partial charge in [0.15, 0.2) is 0 Å². The summed E-state index contributed by atoms with van der Waals surface area (Å²) < 4.78 is 0. The maximum atomic E-state index is 10.2. The number of piperazine rings is 1. The molecule has 0 saturated carbocycles. The van der Waals surface area contributed by atoms with Gasteiger partial charge in [0.2, 0.25) is 0 Å². The lowest BCUT2D eigenvalue weighted by Crippen LogP contribution is -2.45. The molecule has 0 amide bonds. The second-order valence-electron chi connectivity index (χ2n) is 4.57. The van der Waals surface area contributed by atoms with Crippen LogP contribution in [-0.2, 0) is 0 Å². The fourth-order valence-electron chi connectivity index (χ4n) is 2.25. The first-order valence-electron chi connectivity index (χ1n) is 6.04. The molecule has 0 radical (unpaired) electrons. The number of halogens is 1. The standard InChI is InChI=1S/C13H19ClN2O/c1-10-8-11(14)2-3-12(10)13(17)9-16-6-4-15-5-7-16/h2-3,8,13,15,17H,4-7,9H2,1H3. The molecule has 1 heterocycles. The highest BCUT2D eigenvalue weighted by molar-refractivity contribution is 6.30. The molecule has 94 valence electrons. The summed E-state index contributed by atoms with van der Waals surface area (Å²) in [5, 5.41) is 14.3. The van der Waals surface area contributed by atoms with E-state index in [1.807, 2.05) is 25.1 Å². The Hall–Kier alpha value is -0.610. The molecular formula is C13H19ClN2O. The van der Waals surface area contributed by atoms with Crippen LogP contribution in [-0.4, -0.2) is 42.7 Å². The Morgan fingerprint density at radius 1 is 1.41 bits per heavy atom. The first-order valence-corrected chi connectivity index (χ1v) is 6.42. The van der Waals surface area contributed by atoms with Crippen LogP contribution in [0.5, 0.6) is 0 Å². The van der Waals surface area contributed by atoms with E-state index in [1.54, 1.807) is 0 Å². The van der Waals surface area contributed by atoms with E-state index >= 15 is 0 Å². The number of aryl methyl sites for hydroxylation is 1. The van der Waals surface area contributed by atoms with Crippen molar-refractivity contribution in [1.82, 2.24) is 10.2 Å². The molecule has 2 N–H and O–H groups in total. The normalized spacial score (nSPS) is 19.2. The SMILES string of the molecule is Cc1cc(Cl)ccc1C(O)CN1CCNCC1. The second kappa shape index (κ2) is 5.83. The van der Waals surface area contributed by atoms with Crippen molar-refractivity contribution >= 4 is 11.6 Å². The first kappa shape index (κ1) is 12.8. The van der Waals surface area contributed by atoms with Gasteiger partial charge in [0.05, 0.1) is 6.10 Å². The van der Waals surface area contributed by atoms with Crippen LogP contribution in [0.4, 0.5) is 0 Å². The Morgan fingerprint density at radius 2 is 2.12 bits per heavy atom. The number of aliphatic hydroxyl groups excluding tert-OH is 1. The Morgan fingerprint density at radius 3 is 2.76 bits per heavy atom. The maximum Gasteiger partial charge on any atom is 0.0919 e. The average molecular weight is 255 g/mol. The van der Waals surface area contributed by atoms with Gasteiger partial charge < -0.3 is 10.4 Å². The van der Waals surface area contributed by atoms with Crippen LogP contribution in [0.15, 0.2) is 18.2 Å². The lowest BCUT2D eigenvalue weighted by Gasteiger charge is -2.29. The van der Waals surface area contributed by atoms with Crippen LogP contribution in [0.25, 0.3) is 0 Å². The summed E-state index contributed by atoms with van der Waals surface area (Å²) in [7, 11) is 0. The summed E-state index contributed by atoms with van der Waals surface area (Å²) in [6.07, 6.45) is -0.426. The molecule has 0 aliphatic carbocycles. The second-order valence-corrected chi connectivity index (χ2v) is 5.00. The summed E-state index contributed by atoms with van der Waals surface area (Å²) in [6, 6.07) is 5.66. The third-order valence-electron chi connectivity index (χ3n) is 3.23. The Bertz CT molecular complexity index is 378. The molecule has 0 aromatic heterocycles. The maximum absolute atomic E-state index is 10.2. The molecule has 1 unspecified atom stereocenters. The van der Waals surface area contributed by atoms with Gasteiger partial charge >= 0.3 is 0 Å². The predicted molar refractivity (Wildman–Crippen MR) is 70.5 cm³/mol. The number of aliphatic hydroxyl groups is 1. The van der Waals surface area contributed by atoms with Crippen molar-refractivity contribution in [2.75, 3.05) is 32.7 Å². The van der Waals surface area contributed by atoms with Crippen molar-refractivity contribution in [3.63, 3.8) is 0 Å². The van der Waals surface area contributed by atoms with Gasteiger partial charge in [-0.3, -0.25) is 4.90 Å². The molecule has 1 saturated heterocycles. The highest BCUT2D eigenvalue weighted by Crippen LogP contribution is 2.22. The highest BCUT2D eigenvalue weighted by atomic mass is 35.5. The fraction of sp³-hybridized carbons (Fsp3) is 0.538. The Balaban J connectivity index is 2.00. The monoisotopic (exact) mass is 254 g/mol. The lowest BCUT2D eigenvalue weighted by molar-refractivity contribution is 0.105. The van der Waals surface area contributed by atoms with Gasteiger partial charge in [-0.25, -0.2) is 0 Å². The third-order valence-corrected chi connectivity index (χ3v) is 3.47. The molecule has 1 fully saturated rings. The number of hydrogen-bond donors (Lipinski definition) is 2. The molecule has 3 nitrogen and oxygen atoms in total. The molecule has 0 spiro atoms. The zero-order chi connectivity index (χ0) is 12.3. The minimum absolute atomic E-state index is 0.426. The summed E-state index contributed by atoms with van der Waals surface area (Å²) in [5.41, 5.74) is 2.04. The van der Waals surface area contributed by atoms with Crippen LogP contribution < -0.4 is 5.32 Å². The van der Waals surface area contributed by atoms with Gasteiger partial charge in [-0.15, -0.1) is 0 Å². The molecule has 1 aromatic rings. The number of nitrogens with zero attached hydrogens (tertiary/aromatic N) is 1. The zero-order valence-electron chi connectivity index (χ0n) is 10.1. The number of nitrogens with one attached hydrogen (secondary N) is 1. The van der Waals surface area contributed by atoms with E-state index in [-0.39, 0.29) is 0 Å². The van der Waals surface area contributed by atoms with Crippen molar-refractivity contribution in [1.29, 1.82) is 0 Å². The minimum Gasteiger partial charge on any atom is -0.387 e. The van der Waals surface area contributed by atoms with Crippen molar-refractivity contribution in [2.45, 2.75) is 13.0 Å². The topological polar surface area (TPSA) is 35.5 Å². The van der Waals surface area contributed by atoms with E-state index in [2.05, 4.69) is 10.2 Å². The van der Waals surface area contributed by atoms with Gasteiger partial charge in [0, 0.05) is 37.7 Å². The molecular weight excluding hydrogens is 236 g/mol. The first-order chi connectivity index (χ1) is 8.16. The summed E-state index contributed by atoms with van der Waals surface area (Å²) in [6.45, 7) is 6.71. The van der Waals surface area contributed by atoms with Crippen molar-refractivity contribution in [2.24, 2.45) is 0 Å². The van der Waals surface area contributed by atoms with Gasteiger partial charge in [-0.2, -0.15) is 0 Å². The number of hydrogen-bond acceptors (Lipinski definition) is 3. The molecule has 1 aliphatic heterocycles. The van der Waals surface area contributed by atoms with E-state index in [1.165, 1.54) is 0 Å². The molecule has 1 aromatic carbocycles. The number of β-amino-alcohol motifs (C(OH)–C–C–N with tert-alkyl or cyclic N) is 1. The van der Waals surface area contributed by atoms with Crippen LogP contribution in [0.1, 0.15) is 17.2 Å². The number of rotatable bonds is 3. The zero-order valence-corrected chi connectivity index (χ0v) is 10.9. The molecule has 1 atom stereocenters. The minimum atomic E-state index is -0.426. The van der Waals surface area contributed by atoms with Gasteiger partial charge in [-0.1, -0.05) is 17.7 Å². The largest absolute Gasteiger partial charge is 0.387 e. The van der Waals surface area contributed by atoms with E-state index in [0.29, 0.717) is 6.54 Å². The van der Waals surface area contributed by atoms with Crippen molar-refractivity contribution in [3.05, 3.63) is 34.3 Å². The van der Waals surface area contributed by atoms with E-state index in [0.717, 1.165) is 42.3 Å². The quantitative estimate of drug-likeness (QED) is 0.860. The molecule has 4 heteroatoms. The van der Waals surface area contributed by atoms with Crippen LogP contribution in [0, 0.1) is 6.92 Å². The number of benzene rings is 1. The molecule has 17 heavy (non-hydrogen) atoms. The Labute approximate surface area is 107 Å². The third kappa shape index (κ3) is 3.42. The fourth-order valence-corrected chi connectivity index (χ4v) is 2.48. The van der Waals surface area contributed by atoms with Gasteiger partial charge in [0.1, 0.15) is 0 Å². The van der Waals surface area contributed by atoms with Crippen molar-refractivity contribution in [3.8, 4) is 0 Å². The average Bonchev–Trinajstić information content (AvgIpc) is 2.30. The van der Waals surface area contributed by atoms with Crippen LogP contribution in [0.2, 0.25) is 5.02 Å². The summed E-state index contributed by atoms with van der Waals surface area (Å²) in [4.78, 5) is 2.29. The molecule has 2 rings (SSSR count). The Kier molecular flexibility index (Phi) is 4.40. The van der Waals surface area contributed by atoms with E-state index < -0.39 is 6.10 Å². The van der Waals surface area contributed by atoms with Crippen LogP contribution >= 0.6 is 11.6 Å². The summed E-state index contributed by atoms with van der Waals surface area (Å²) >= 11 is 5.91. The molecule has 1 aliphatic rings. The van der Waals surface area contributed by atoms with Gasteiger partial charge in [0.25, 0.3) is 0 Å². The van der Waals surface area contributed by atoms with Crippen molar-refractivity contribution < 1.29 is 5.11 Å².